The zero-order chi connectivity index (χ0) is 11.8. The number of hydrogen-bond donors (Lipinski definition) is 0. The van der Waals surface area contributed by atoms with Crippen molar-refractivity contribution in [2.45, 2.75) is 26.7 Å². The molecule has 1 spiro atoms. The highest BCUT2D eigenvalue weighted by atomic mass is 79.9. The van der Waals surface area contributed by atoms with Crippen molar-refractivity contribution in [3.8, 4) is 0 Å². The van der Waals surface area contributed by atoms with Gasteiger partial charge in [-0.25, -0.2) is 0 Å². The summed E-state index contributed by atoms with van der Waals surface area (Å²) in [5.41, 5.74) is 3.06. The lowest BCUT2D eigenvalue weighted by Gasteiger charge is -2.38. The van der Waals surface area contributed by atoms with Crippen LogP contribution in [-0.4, -0.2) is 38.1 Å². The Morgan fingerprint density at radius 1 is 0.750 bits per heavy atom. The average molecular weight is 482 g/mol. The molecule has 5 heteroatoms. The van der Waals surface area contributed by atoms with Crippen LogP contribution in [0, 0.1) is 0 Å². The van der Waals surface area contributed by atoms with Crippen molar-refractivity contribution in [1.29, 1.82) is 0 Å². The number of halogens is 4. The highest BCUT2D eigenvalue weighted by Crippen LogP contribution is 2.39. The van der Waals surface area contributed by atoms with Crippen LogP contribution in [0.2, 0.25) is 0 Å². The van der Waals surface area contributed by atoms with Gasteiger partial charge in [-0.1, -0.05) is 63.7 Å². The Balaban J connectivity index is 2.17. The first-order valence-electron chi connectivity index (χ1n) is 5.67. The summed E-state index contributed by atoms with van der Waals surface area (Å²) >= 11 is 14.7. The molecule has 0 aromatic rings. The molecule has 1 nitrogen and oxygen atoms in total. The zero-order valence-corrected chi connectivity index (χ0v) is 15.4. The molecular formula is C11H16Br4N+. The van der Waals surface area contributed by atoms with Gasteiger partial charge in [-0.15, -0.1) is 0 Å². The second kappa shape index (κ2) is 5.72. The second-order valence-electron chi connectivity index (χ2n) is 4.82. The van der Waals surface area contributed by atoms with Gasteiger partial charge >= 0.3 is 0 Å². The van der Waals surface area contributed by atoms with Crippen molar-refractivity contribution in [2.75, 3.05) is 26.2 Å². The Labute approximate surface area is 131 Å². The molecule has 2 heterocycles. The summed E-state index contributed by atoms with van der Waals surface area (Å²) in [6.45, 7) is 5.13. The molecule has 0 atom stereocenters. The lowest BCUT2D eigenvalue weighted by Crippen LogP contribution is -2.50. The van der Waals surface area contributed by atoms with E-state index in [1.807, 2.05) is 0 Å². The van der Waals surface area contributed by atoms with Crippen LogP contribution in [0.4, 0.5) is 0 Å². The summed E-state index contributed by atoms with van der Waals surface area (Å²) in [6, 6.07) is 0. The van der Waals surface area contributed by atoms with E-state index in [0.29, 0.717) is 7.47 Å². The molecule has 0 amide bonds. The number of rotatable bonds is 2. The zero-order valence-electron chi connectivity index (χ0n) is 9.06. The highest BCUT2D eigenvalue weighted by molar-refractivity contribution is 9.25. The maximum absolute atomic E-state index is 3.67. The Kier molecular flexibility index (Phi) is 5.02. The van der Waals surface area contributed by atoms with E-state index in [4.69, 9.17) is 0 Å². The van der Waals surface area contributed by atoms with Gasteiger partial charge in [0.25, 0.3) is 0 Å². The molecule has 92 valence electrons. The number of hydrogen-bond acceptors (Lipinski definition) is 0. The van der Waals surface area contributed by atoms with E-state index in [0.717, 1.165) is 0 Å². The Morgan fingerprint density at radius 3 is 1.56 bits per heavy atom. The first kappa shape index (κ1) is 14.0. The van der Waals surface area contributed by atoms with Crippen LogP contribution in [-0.2, 0) is 0 Å². The molecule has 0 radical (unpaired) electrons. The average Bonchev–Trinajstić information content (AvgIpc) is 2.59. The summed E-state index contributed by atoms with van der Waals surface area (Å²) in [6.07, 6.45) is 4.21. The molecule has 0 aromatic heterocycles. The SMILES string of the molecule is BrC(Br)C1=C(C(Br)Br)C[N+]2(CCCCC2)C1. The molecule has 0 N–H and O–H groups in total. The van der Waals surface area contributed by atoms with Gasteiger partial charge in [-0.2, -0.15) is 0 Å². The monoisotopic (exact) mass is 478 g/mol. The van der Waals surface area contributed by atoms with E-state index in [2.05, 4.69) is 63.7 Å². The maximum Gasteiger partial charge on any atom is 0.103 e. The lowest BCUT2D eigenvalue weighted by atomic mass is 10.1. The smallest absolute Gasteiger partial charge is 0.103 e. The van der Waals surface area contributed by atoms with E-state index < -0.39 is 0 Å². The van der Waals surface area contributed by atoms with Crippen LogP contribution >= 0.6 is 63.7 Å². The van der Waals surface area contributed by atoms with E-state index in [1.165, 1.54) is 61.1 Å². The second-order valence-corrected chi connectivity index (χ2v) is 10.9. The van der Waals surface area contributed by atoms with Crippen LogP contribution in [0.25, 0.3) is 0 Å². The third-order valence-corrected chi connectivity index (χ3v) is 5.93. The minimum atomic E-state index is 0.326. The predicted octanol–water partition coefficient (Wildman–Crippen LogP) is 4.53. The van der Waals surface area contributed by atoms with Crippen LogP contribution in [0.5, 0.6) is 0 Å². The van der Waals surface area contributed by atoms with E-state index in [9.17, 15) is 0 Å². The number of quaternary nitrogens is 1. The third-order valence-electron chi connectivity index (χ3n) is 3.72. The standard InChI is InChI=1S/C11H16Br4N/c12-10(13)8-6-16(4-2-1-3-5-16)7-9(8)11(14)15/h10-11H,1-7H2/q+1. The van der Waals surface area contributed by atoms with Gasteiger partial charge in [0.1, 0.15) is 13.1 Å². The number of nitrogens with zero attached hydrogens (tertiary/aromatic N) is 1. The fourth-order valence-corrected chi connectivity index (χ4v) is 4.65. The van der Waals surface area contributed by atoms with E-state index in [1.54, 1.807) is 0 Å². The minimum Gasteiger partial charge on any atom is -0.317 e. The molecule has 2 rings (SSSR count). The first-order chi connectivity index (χ1) is 7.54. The summed E-state index contributed by atoms with van der Waals surface area (Å²) in [4.78, 5) is 0. The Hall–Kier alpha value is 1.62. The topological polar surface area (TPSA) is 0 Å². The third kappa shape index (κ3) is 2.95. The Bertz CT molecular complexity index is 270. The lowest BCUT2D eigenvalue weighted by molar-refractivity contribution is -0.918. The molecule has 1 saturated heterocycles. The van der Waals surface area contributed by atoms with Crippen LogP contribution in [0.3, 0.4) is 0 Å². The van der Waals surface area contributed by atoms with E-state index >= 15 is 0 Å². The molecule has 0 unspecified atom stereocenters. The first-order valence-corrected chi connectivity index (χ1v) is 9.33. The molecule has 2 aliphatic heterocycles. The molecule has 0 saturated carbocycles. The van der Waals surface area contributed by atoms with Crippen molar-refractivity contribution in [3.05, 3.63) is 11.1 Å². The number of piperidine rings is 1. The molecule has 0 aliphatic carbocycles. The largest absolute Gasteiger partial charge is 0.317 e. The normalized spacial score (nSPS) is 25.1. The summed E-state index contributed by atoms with van der Waals surface area (Å²) in [7, 11) is 0. The van der Waals surface area contributed by atoms with Crippen molar-refractivity contribution in [2.24, 2.45) is 0 Å². The van der Waals surface area contributed by atoms with Gasteiger partial charge in [-0.05, 0) is 19.3 Å². The van der Waals surface area contributed by atoms with Gasteiger partial charge < -0.3 is 4.48 Å². The molecule has 2 aliphatic rings. The van der Waals surface area contributed by atoms with Gasteiger partial charge in [0.05, 0.1) is 20.6 Å². The highest BCUT2D eigenvalue weighted by Gasteiger charge is 2.41. The fraction of sp³-hybridized carbons (Fsp3) is 0.818. The summed E-state index contributed by atoms with van der Waals surface area (Å²) < 4.78 is 1.94. The van der Waals surface area contributed by atoms with Gasteiger partial charge in [0.15, 0.2) is 0 Å². The summed E-state index contributed by atoms with van der Waals surface area (Å²) in [5.74, 6) is 0. The van der Waals surface area contributed by atoms with Gasteiger partial charge in [0.2, 0.25) is 0 Å². The van der Waals surface area contributed by atoms with Crippen LogP contribution in [0.15, 0.2) is 11.1 Å². The van der Waals surface area contributed by atoms with E-state index in [-0.39, 0.29) is 0 Å². The molecular weight excluding hydrogens is 466 g/mol. The quantitative estimate of drug-likeness (QED) is 0.309. The fourth-order valence-electron chi connectivity index (χ4n) is 2.90. The molecule has 0 bridgehead atoms. The van der Waals surface area contributed by atoms with Gasteiger partial charge in [-0.3, -0.25) is 0 Å². The Morgan fingerprint density at radius 2 is 1.19 bits per heavy atom. The van der Waals surface area contributed by atoms with Gasteiger partial charge in [0, 0.05) is 11.1 Å². The predicted molar refractivity (Wildman–Crippen MR) is 83.9 cm³/mol. The summed E-state index contributed by atoms with van der Waals surface area (Å²) in [5, 5.41) is 0. The van der Waals surface area contributed by atoms with Crippen molar-refractivity contribution >= 4 is 63.7 Å². The molecule has 1 fully saturated rings. The minimum absolute atomic E-state index is 0.326. The maximum atomic E-state index is 3.67. The van der Waals surface area contributed by atoms with Crippen molar-refractivity contribution in [3.63, 3.8) is 0 Å². The van der Waals surface area contributed by atoms with Crippen LogP contribution in [0.1, 0.15) is 19.3 Å². The number of alkyl halides is 4. The van der Waals surface area contributed by atoms with Crippen molar-refractivity contribution in [1.82, 2.24) is 0 Å². The molecule has 0 aromatic carbocycles. The van der Waals surface area contributed by atoms with Crippen molar-refractivity contribution < 1.29 is 4.48 Å². The molecule has 16 heavy (non-hydrogen) atoms. The van der Waals surface area contributed by atoms with Crippen LogP contribution < -0.4 is 0 Å².